The molecule has 0 spiro atoms. The summed E-state index contributed by atoms with van der Waals surface area (Å²) in [6.45, 7) is 6.26. The van der Waals surface area contributed by atoms with Crippen molar-refractivity contribution in [2.45, 2.75) is 83.7 Å². The lowest BCUT2D eigenvalue weighted by Gasteiger charge is -2.37. The van der Waals surface area contributed by atoms with E-state index < -0.39 is 5.92 Å². The van der Waals surface area contributed by atoms with Gasteiger partial charge < -0.3 is 9.84 Å². The van der Waals surface area contributed by atoms with E-state index >= 15 is 0 Å². The molecule has 2 unspecified atom stereocenters. The van der Waals surface area contributed by atoms with E-state index in [-0.39, 0.29) is 23.7 Å². The highest BCUT2D eigenvalue weighted by Crippen LogP contribution is 2.48. The fourth-order valence-electron chi connectivity index (χ4n) is 6.47. The van der Waals surface area contributed by atoms with Crippen LogP contribution in [-0.4, -0.2) is 28.1 Å². The van der Waals surface area contributed by atoms with Crippen LogP contribution < -0.4 is 5.48 Å². The summed E-state index contributed by atoms with van der Waals surface area (Å²) in [5.74, 6) is -0.557. The number of benzene rings is 2. The Morgan fingerprint density at radius 1 is 1.08 bits per heavy atom. The number of carbonyl (C=O) groups is 1. The van der Waals surface area contributed by atoms with E-state index in [4.69, 9.17) is 9.73 Å². The number of hydrogen-bond acceptors (Lipinski definition) is 6. The van der Waals surface area contributed by atoms with Crippen LogP contribution in [0.5, 0.6) is 5.75 Å². The molecule has 2 aromatic rings. The first-order valence-electron chi connectivity index (χ1n) is 13.4. The Bertz CT molecular complexity index is 1280. The molecule has 37 heavy (non-hydrogen) atoms. The van der Waals surface area contributed by atoms with Crippen molar-refractivity contribution < 1.29 is 19.8 Å². The van der Waals surface area contributed by atoms with Crippen molar-refractivity contribution in [1.29, 1.82) is 0 Å². The Labute approximate surface area is 218 Å². The monoisotopic (exact) mass is 500 g/mol. The molecule has 2 aliphatic carbocycles. The first-order chi connectivity index (χ1) is 17.9. The van der Waals surface area contributed by atoms with Crippen LogP contribution in [0.15, 0.2) is 70.0 Å². The van der Waals surface area contributed by atoms with Crippen molar-refractivity contribution in [2.75, 3.05) is 0 Å². The smallest absolute Gasteiger partial charge is 0.337 e. The number of ether oxygens (including phenoxy) is 1. The Morgan fingerprint density at radius 2 is 1.78 bits per heavy atom. The van der Waals surface area contributed by atoms with Crippen LogP contribution in [0.2, 0.25) is 0 Å². The number of aliphatic imine (C=N–C) groups is 1. The minimum Gasteiger partial charge on any atom is -0.508 e. The summed E-state index contributed by atoms with van der Waals surface area (Å²) < 4.78 is 6.00. The molecule has 1 saturated carbocycles. The van der Waals surface area contributed by atoms with E-state index in [0.717, 1.165) is 48.2 Å². The molecule has 1 heterocycles. The first kappa shape index (κ1) is 25.3. The number of aromatic hydroxyl groups is 1. The molecular formula is C31H36N2O4. The van der Waals surface area contributed by atoms with Gasteiger partial charge in [0.15, 0.2) is 0 Å². The van der Waals surface area contributed by atoms with Crippen LogP contribution in [0.4, 0.5) is 0 Å². The largest absolute Gasteiger partial charge is 0.508 e. The summed E-state index contributed by atoms with van der Waals surface area (Å²) in [6, 6.07) is 13.4. The standard InChI is InChI=1S/C31H36N2O4/c1-4-24-30(31(35)37-23-13-5-6-14-23)28(20-11-8-12-22(34)15-20)29-25(32-24)16-21(17-26(29)33-36)27-18(2)9-7-10-19(27)3/h7-12,15,21,23,28,33-34,36H,4-6,13-14,16-17H2,1-3H3. The third kappa shape index (κ3) is 4.82. The van der Waals surface area contributed by atoms with Gasteiger partial charge in [0.1, 0.15) is 11.9 Å². The second kappa shape index (κ2) is 10.5. The third-order valence-electron chi connectivity index (χ3n) is 8.10. The van der Waals surface area contributed by atoms with E-state index in [1.165, 1.54) is 16.7 Å². The Hall–Kier alpha value is -3.38. The van der Waals surface area contributed by atoms with E-state index in [0.29, 0.717) is 30.5 Å². The van der Waals surface area contributed by atoms with E-state index in [1.54, 1.807) is 18.2 Å². The second-order valence-corrected chi connectivity index (χ2v) is 10.5. The molecule has 194 valence electrons. The number of hydroxylamine groups is 1. The van der Waals surface area contributed by atoms with Gasteiger partial charge in [-0.2, -0.15) is 0 Å². The lowest BCUT2D eigenvalue weighted by molar-refractivity contribution is -0.144. The maximum absolute atomic E-state index is 13.7. The van der Waals surface area contributed by atoms with Crippen LogP contribution >= 0.6 is 0 Å². The van der Waals surface area contributed by atoms with Gasteiger partial charge in [-0.15, -0.1) is 0 Å². The number of rotatable bonds is 6. The zero-order chi connectivity index (χ0) is 26.1. The normalized spacial score (nSPS) is 22.1. The second-order valence-electron chi connectivity index (χ2n) is 10.5. The van der Waals surface area contributed by atoms with Gasteiger partial charge in [0.05, 0.1) is 11.3 Å². The summed E-state index contributed by atoms with van der Waals surface area (Å²) >= 11 is 0. The van der Waals surface area contributed by atoms with Crippen LogP contribution in [0.25, 0.3) is 0 Å². The molecule has 0 bridgehead atoms. The van der Waals surface area contributed by atoms with E-state index in [1.807, 2.05) is 13.0 Å². The molecule has 0 amide bonds. The number of esters is 1. The third-order valence-corrected chi connectivity index (χ3v) is 8.10. The molecule has 1 aliphatic heterocycles. The van der Waals surface area contributed by atoms with Crippen molar-refractivity contribution in [3.05, 3.63) is 87.3 Å². The number of fused-ring (bicyclic) bond motifs is 1. The van der Waals surface area contributed by atoms with Crippen molar-refractivity contribution >= 4 is 11.7 Å². The molecular weight excluding hydrogens is 464 g/mol. The Balaban J connectivity index is 1.66. The van der Waals surface area contributed by atoms with Crippen LogP contribution in [0, 0.1) is 13.8 Å². The molecule has 6 heteroatoms. The van der Waals surface area contributed by atoms with Crippen LogP contribution in [-0.2, 0) is 9.53 Å². The molecule has 5 rings (SSSR count). The van der Waals surface area contributed by atoms with Crippen molar-refractivity contribution in [2.24, 2.45) is 4.99 Å². The molecule has 2 atom stereocenters. The minimum absolute atomic E-state index is 0.0718. The Kier molecular flexibility index (Phi) is 7.20. The number of allylic oxidation sites excluding steroid dienone is 3. The number of nitrogens with zero attached hydrogens (tertiary/aromatic N) is 1. The molecule has 0 aromatic heterocycles. The summed E-state index contributed by atoms with van der Waals surface area (Å²) in [5.41, 5.74) is 10.6. The number of hydrogen-bond donors (Lipinski definition) is 3. The topological polar surface area (TPSA) is 91.2 Å². The van der Waals surface area contributed by atoms with Gasteiger partial charge >= 0.3 is 5.97 Å². The number of carbonyl (C=O) groups excluding carboxylic acids is 1. The minimum atomic E-state index is -0.489. The number of phenols is 1. The molecule has 0 radical (unpaired) electrons. The molecule has 3 aliphatic rings. The van der Waals surface area contributed by atoms with Crippen LogP contribution in [0.1, 0.15) is 86.0 Å². The molecule has 0 saturated heterocycles. The molecule has 1 fully saturated rings. The van der Waals surface area contributed by atoms with Gasteiger partial charge in [0, 0.05) is 22.9 Å². The lowest BCUT2D eigenvalue weighted by atomic mass is 9.70. The highest BCUT2D eigenvalue weighted by Gasteiger charge is 2.41. The van der Waals surface area contributed by atoms with Gasteiger partial charge in [-0.25, -0.2) is 4.79 Å². The maximum atomic E-state index is 13.7. The van der Waals surface area contributed by atoms with Gasteiger partial charge in [-0.3, -0.25) is 15.7 Å². The zero-order valence-electron chi connectivity index (χ0n) is 21.9. The van der Waals surface area contributed by atoms with E-state index in [9.17, 15) is 15.1 Å². The summed E-state index contributed by atoms with van der Waals surface area (Å²) in [6.07, 6.45) is 5.71. The van der Waals surface area contributed by atoms with Gasteiger partial charge in [0.2, 0.25) is 0 Å². The van der Waals surface area contributed by atoms with Crippen LogP contribution in [0.3, 0.4) is 0 Å². The fourth-order valence-corrected chi connectivity index (χ4v) is 6.47. The molecule has 2 aromatic carbocycles. The van der Waals surface area contributed by atoms with Gasteiger partial charge in [-0.1, -0.05) is 37.3 Å². The first-order valence-corrected chi connectivity index (χ1v) is 13.4. The average Bonchev–Trinajstić information content (AvgIpc) is 3.39. The predicted octanol–water partition coefficient (Wildman–Crippen LogP) is 6.51. The summed E-state index contributed by atoms with van der Waals surface area (Å²) in [7, 11) is 0. The highest BCUT2D eigenvalue weighted by atomic mass is 16.5. The van der Waals surface area contributed by atoms with Gasteiger partial charge in [0.25, 0.3) is 0 Å². The zero-order valence-corrected chi connectivity index (χ0v) is 21.9. The van der Waals surface area contributed by atoms with Gasteiger partial charge in [-0.05, 0) is 99.1 Å². The maximum Gasteiger partial charge on any atom is 0.337 e. The van der Waals surface area contributed by atoms with Crippen molar-refractivity contribution in [1.82, 2.24) is 5.48 Å². The predicted molar refractivity (Wildman–Crippen MR) is 144 cm³/mol. The quantitative estimate of drug-likeness (QED) is 0.311. The van der Waals surface area contributed by atoms with E-state index in [2.05, 4.69) is 37.5 Å². The molecule has 6 nitrogen and oxygen atoms in total. The lowest BCUT2D eigenvalue weighted by Crippen LogP contribution is -2.34. The molecule has 3 N–H and O–H groups in total. The Morgan fingerprint density at radius 3 is 2.43 bits per heavy atom. The highest BCUT2D eigenvalue weighted by molar-refractivity contribution is 6.09. The van der Waals surface area contributed by atoms with Crippen molar-refractivity contribution in [3.8, 4) is 5.75 Å². The number of phenolic OH excluding ortho intramolecular Hbond substituents is 1. The average molecular weight is 501 g/mol. The van der Waals surface area contributed by atoms with Crippen molar-refractivity contribution in [3.63, 3.8) is 0 Å². The SMILES string of the molecule is CCC1=C(C(=O)OC2CCCC2)C(c2cccc(O)c2)C2=C(NO)CC(c3c(C)cccc3C)CC2=N1. The number of aryl methyl sites for hydroxylation is 2. The fraction of sp³-hybridized carbons (Fsp3) is 0.419. The summed E-state index contributed by atoms with van der Waals surface area (Å²) in [5, 5.41) is 20.7. The summed E-state index contributed by atoms with van der Waals surface area (Å²) in [4.78, 5) is 18.8. The number of nitrogens with one attached hydrogen (secondary N) is 1.